The first-order chi connectivity index (χ1) is 16.0. The molecule has 16 nitrogen and oxygen atoms in total. The summed E-state index contributed by atoms with van der Waals surface area (Å²) in [5, 5.41) is 108. The topological polar surface area (TPSA) is 269 Å². The van der Waals surface area contributed by atoms with Crippen LogP contribution in [0.4, 0.5) is 0 Å². The van der Waals surface area contributed by atoms with Crippen LogP contribution in [0.1, 0.15) is 0 Å². The van der Waals surface area contributed by atoms with Gasteiger partial charge in [-0.15, -0.1) is 0 Å². The SMILES string of the molecule is OC[C@H]1O[C@H](OC[C@H]2O[C@H](OC[C@H]3O[C@H](O)[C@H](O)[C@@H](O)[C@@H]3O)[C@H](O)[C@@H](O)[C@H]2O)[C@H](O)[C@@H](O)[C@@H]1O. The first kappa shape index (κ1) is 27.9. The van der Waals surface area contributed by atoms with E-state index in [0.717, 1.165) is 0 Å². The fourth-order valence-corrected chi connectivity index (χ4v) is 3.84. The van der Waals surface area contributed by atoms with E-state index in [0.29, 0.717) is 0 Å². The molecule has 3 aliphatic heterocycles. The first-order valence-corrected chi connectivity index (χ1v) is 10.6. The lowest BCUT2D eigenvalue weighted by Crippen LogP contribution is -2.62. The highest BCUT2D eigenvalue weighted by Crippen LogP contribution is 2.27. The Kier molecular flexibility index (Phi) is 9.54. The van der Waals surface area contributed by atoms with E-state index in [4.69, 9.17) is 23.7 Å². The average molecular weight is 504 g/mol. The second-order valence-electron chi connectivity index (χ2n) is 8.42. The molecule has 15 atom stereocenters. The summed E-state index contributed by atoms with van der Waals surface area (Å²) in [5.74, 6) is 0. The zero-order valence-electron chi connectivity index (χ0n) is 17.7. The van der Waals surface area contributed by atoms with E-state index in [1.54, 1.807) is 0 Å². The van der Waals surface area contributed by atoms with Crippen LogP contribution in [0.5, 0.6) is 0 Å². The third-order valence-electron chi connectivity index (χ3n) is 6.05. The molecule has 3 rings (SSSR count). The molecule has 200 valence electrons. The second-order valence-corrected chi connectivity index (χ2v) is 8.42. The molecule has 0 aromatic rings. The predicted molar refractivity (Wildman–Crippen MR) is 101 cm³/mol. The van der Waals surface area contributed by atoms with E-state index in [1.807, 2.05) is 0 Å². The number of hydrogen-bond donors (Lipinski definition) is 11. The van der Waals surface area contributed by atoms with E-state index in [1.165, 1.54) is 0 Å². The minimum Gasteiger partial charge on any atom is -0.394 e. The predicted octanol–water partition coefficient (Wildman–Crippen LogP) is -7.57. The van der Waals surface area contributed by atoms with Crippen LogP contribution in [-0.4, -0.2) is 168 Å². The summed E-state index contributed by atoms with van der Waals surface area (Å²) in [6, 6.07) is 0. The van der Waals surface area contributed by atoms with Crippen molar-refractivity contribution < 1.29 is 79.9 Å². The van der Waals surface area contributed by atoms with Crippen LogP contribution >= 0.6 is 0 Å². The van der Waals surface area contributed by atoms with Gasteiger partial charge in [0.1, 0.15) is 73.2 Å². The highest BCUT2D eigenvalue weighted by molar-refractivity contribution is 4.92. The molecule has 0 amide bonds. The van der Waals surface area contributed by atoms with Gasteiger partial charge in [-0.3, -0.25) is 0 Å². The van der Waals surface area contributed by atoms with Crippen LogP contribution in [0.3, 0.4) is 0 Å². The number of hydrogen-bond acceptors (Lipinski definition) is 16. The molecule has 16 heteroatoms. The molecule has 0 aromatic carbocycles. The summed E-state index contributed by atoms with van der Waals surface area (Å²) < 4.78 is 26.1. The van der Waals surface area contributed by atoms with Gasteiger partial charge < -0.3 is 79.9 Å². The summed E-state index contributed by atoms with van der Waals surface area (Å²) in [6.07, 6.45) is -24.4. The minimum absolute atomic E-state index is 0.570. The third-order valence-corrected chi connectivity index (χ3v) is 6.05. The largest absolute Gasteiger partial charge is 0.394 e. The van der Waals surface area contributed by atoms with Crippen molar-refractivity contribution in [3.05, 3.63) is 0 Å². The maximum atomic E-state index is 10.2. The monoisotopic (exact) mass is 504 g/mol. The molecular weight excluding hydrogens is 472 g/mol. The van der Waals surface area contributed by atoms with Crippen LogP contribution in [0.2, 0.25) is 0 Å². The van der Waals surface area contributed by atoms with Crippen LogP contribution in [0.15, 0.2) is 0 Å². The number of aliphatic hydroxyl groups excluding tert-OH is 11. The Balaban J connectivity index is 1.58. The van der Waals surface area contributed by atoms with Crippen LogP contribution in [0, 0.1) is 0 Å². The fraction of sp³-hybridized carbons (Fsp3) is 1.00. The van der Waals surface area contributed by atoms with Gasteiger partial charge in [-0.25, -0.2) is 0 Å². The maximum Gasteiger partial charge on any atom is 0.186 e. The fourth-order valence-electron chi connectivity index (χ4n) is 3.84. The Labute approximate surface area is 192 Å². The van der Waals surface area contributed by atoms with Crippen molar-refractivity contribution in [3.63, 3.8) is 0 Å². The third kappa shape index (κ3) is 5.68. The summed E-state index contributed by atoms with van der Waals surface area (Å²) >= 11 is 0. The van der Waals surface area contributed by atoms with Crippen molar-refractivity contribution in [2.75, 3.05) is 19.8 Å². The number of ether oxygens (including phenoxy) is 5. The lowest BCUT2D eigenvalue weighted by Gasteiger charge is -2.43. The van der Waals surface area contributed by atoms with Crippen molar-refractivity contribution in [2.24, 2.45) is 0 Å². The van der Waals surface area contributed by atoms with Gasteiger partial charge in [0.15, 0.2) is 18.9 Å². The molecular formula is C18H32O16. The highest BCUT2D eigenvalue weighted by atomic mass is 16.7. The van der Waals surface area contributed by atoms with Crippen molar-refractivity contribution in [2.45, 2.75) is 92.1 Å². The van der Waals surface area contributed by atoms with Crippen molar-refractivity contribution in [1.82, 2.24) is 0 Å². The zero-order chi connectivity index (χ0) is 25.3. The quantitative estimate of drug-likeness (QED) is 0.154. The Bertz CT molecular complexity index is 639. The molecule has 11 N–H and O–H groups in total. The van der Waals surface area contributed by atoms with Gasteiger partial charge in [-0.05, 0) is 0 Å². The Hall–Kier alpha value is -0.640. The Morgan fingerprint density at radius 1 is 0.441 bits per heavy atom. The van der Waals surface area contributed by atoms with Crippen LogP contribution < -0.4 is 0 Å². The molecule has 3 aliphatic rings. The van der Waals surface area contributed by atoms with Gasteiger partial charge in [0.25, 0.3) is 0 Å². The van der Waals surface area contributed by atoms with Gasteiger partial charge >= 0.3 is 0 Å². The smallest absolute Gasteiger partial charge is 0.186 e. The van der Waals surface area contributed by atoms with Gasteiger partial charge in [0, 0.05) is 0 Å². The van der Waals surface area contributed by atoms with Crippen molar-refractivity contribution in [1.29, 1.82) is 0 Å². The van der Waals surface area contributed by atoms with E-state index in [2.05, 4.69) is 0 Å². The van der Waals surface area contributed by atoms with E-state index in [-0.39, 0.29) is 0 Å². The van der Waals surface area contributed by atoms with E-state index < -0.39 is 112 Å². The molecule has 34 heavy (non-hydrogen) atoms. The Morgan fingerprint density at radius 3 is 1.29 bits per heavy atom. The first-order valence-electron chi connectivity index (χ1n) is 10.6. The summed E-state index contributed by atoms with van der Waals surface area (Å²) in [5.41, 5.74) is 0. The number of aliphatic hydroxyl groups is 11. The molecule has 3 fully saturated rings. The lowest BCUT2D eigenvalue weighted by atomic mass is 9.98. The molecule has 0 aliphatic carbocycles. The zero-order valence-corrected chi connectivity index (χ0v) is 17.7. The summed E-state index contributed by atoms with van der Waals surface area (Å²) in [4.78, 5) is 0. The van der Waals surface area contributed by atoms with Gasteiger partial charge in [-0.2, -0.15) is 0 Å². The number of rotatable bonds is 7. The molecule has 0 radical (unpaired) electrons. The molecule has 0 spiro atoms. The lowest BCUT2D eigenvalue weighted by molar-refractivity contribution is -0.340. The van der Waals surface area contributed by atoms with Crippen molar-refractivity contribution >= 4 is 0 Å². The van der Waals surface area contributed by atoms with E-state index >= 15 is 0 Å². The summed E-state index contributed by atoms with van der Waals surface area (Å²) in [6.45, 7) is -1.84. The summed E-state index contributed by atoms with van der Waals surface area (Å²) in [7, 11) is 0. The van der Waals surface area contributed by atoms with Crippen molar-refractivity contribution in [3.8, 4) is 0 Å². The average Bonchev–Trinajstić information content (AvgIpc) is 2.82. The van der Waals surface area contributed by atoms with Gasteiger partial charge in [0.05, 0.1) is 19.8 Å². The molecule has 0 bridgehead atoms. The van der Waals surface area contributed by atoms with Crippen LogP contribution in [0.25, 0.3) is 0 Å². The highest BCUT2D eigenvalue weighted by Gasteiger charge is 2.48. The molecule has 0 saturated carbocycles. The molecule has 3 saturated heterocycles. The normalized spacial score (nSPS) is 52.5. The Morgan fingerprint density at radius 2 is 0.824 bits per heavy atom. The molecule has 3 heterocycles. The standard InChI is InChI=1S/C18H32O16/c19-1-4-7(20)11(24)14(27)17(33-4)31-3-6-9(22)12(25)15(28)18(34-6)30-2-5-8(21)10(23)13(26)16(29)32-5/h4-29H,1-3H2/t4-,5-,6-,7-,8-,9+,10+,11+,12+,13-,14-,15-,16+,17+,18+/m1/s1. The molecule has 0 unspecified atom stereocenters. The van der Waals surface area contributed by atoms with E-state index in [9.17, 15) is 56.2 Å². The van der Waals surface area contributed by atoms with Crippen LogP contribution in [-0.2, 0) is 23.7 Å². The second kappa shape index (κ2) is 11.6. The van der Waals surface area contributed by atoms with Gasteiger partial charge in [-0.1, -0.05) is 0 Å². The minimum atomic E-state index is -1.82. The maximum absolute atomic E-state index is 10.2. The van der Waals surface area contributed by atoms with Gasteiger partial charge in [0.2, 0.25) is 0 Å². The molecule has 0 aromatic heterocycles.